The smallest absolute Gasteiger partial charge is 0.193 e. The Morgan fingerprint density at radius 1 is 0.913 bits per heavy atom. The minimum absolute atomic E-state index is 0.0152. The molecule has 1 aromatic heterocycles. The number of hydrogen-bond donors (Lipinski definition) is 0. The molecule has 2 heterocycles. The van der Waals surface area contributed by atoms with E-state index in [4.69, 9.17) is 9.15 Å². The molecule has 0 bridgehead atoms. The van der Waals surface area contributed by atoms with Crippen molar-refractivity contribution in [2.45, 2.75) is 0 Å². The van der Waals surface area contributed by atoms with Crippen LogP contribution in [0.4, 0.5) is 5.69 Å². The molecule has 0 N–H and O–H groups in total. The Balaban J connectivity index is 1.81. The molecule has 1 fully saturated rings. The van der Waals surface area contributed by atoms with Gasteiger partial charge in [0.1, 0.15) is 11.3 Å². The number of morpholine rings is 1. The maximum Gasteiger partial charge on any atom is 0.193 e. The second-order valence-corrected chi connectivity index (χ2v) is 5.62. The fourth-order valence-corrected chi connectivity index (χ4v) is 2.91. The molecule has 2 aromatic carbocycles. The third-order valence-corrected chi connectivity index (χ3v) is 4.15. The predicted molar refractivity (Wildman–Crippen MR) is 91.0 cm³/mol. The molecule has 0 unspecified atom stereocenters. The molecule has 4 nitrogen and oxygen atoms in total. The molecule has 1 aliphatic rings. The molecule has 3 aromatic rings. The summed E-state index contributed by atoms with van der Waals surface area (Å²) in [5.74, 6) is 0.599. The quantitative estimate of drug-likeness (QED) is 0.728. The second kappa shape index (κ2) is 5.89. The van der Waals surface area contributed by atoms with Crippen molar-refractivity contribution in [2.24, 2.45) is 0 Å². The van der Waals surface area contributed by atoms with Crippen LogP contribution in [0.3, 0.4) is 0 Å². The van der Waals surface area contributed by atoms with E-state index < -0.39 is 0 Å². The molecule has 1 saturated heterocycles. The first-order valence-corrected chi connectivity index (χ1v) is 7.77. The summed E-state index contributed by atoms with van der Waals surface area (Å²) in [7, 11) is 0. The van der Waals surface area contributed by atoms with Gasteiger partial charge in [0.15, 0.2) is 5.43 Å². The Morgan fingerprint density at radius 2 is 1.70 bits per heavy atom. The van der Waals surface area contributed by atoms with E-state index in [0.29, 0.717) is 16.7 Å². The Bertz CT molecular complexity index is 880. The second-order valence-electron chi connectivity index (χ2n) is 5.62. The molecule has 0 aliphatic carbocycles. The molecule has 4 rings (SSSR count). The van der Waals surface area contributed by atoms with Gasteiger partial charge in [0.2, 0.25) is 0 Å². The summed E-state index contributed by atoms with van der Waals surface area (Å²) in [6.45, 7) is 3.17. The summed E-state index contributed by atoms with van der Waals surface area (Å²) in [5, 5.41) is 0.613. The Labute approximate surface area is 133 Å². The third kappa shape index (κ3) is 2.73. The topological polar surface area (TPSA) is 42.7 Å². The van der Waals surface area contributed by atoms with E-state index in [-0.39, 0.29) is 5.43 Å². The van der Waals surface area contributed by atoms with Gasteiger partial charge in [-0.2, -0.15) is 0 Å². The lowest BCUT2D eigenvalue weighted by atomic mass is 10.1. The maximum absolute atomic E-state index is 12.4. The fraction of sp³-hybridized carbons (Fsp3) is 0.211. The highest BCUT2D eigenvalue weighted by Crippen LogP contribution is 2.25. The van der Waals surface area contributed by atoms with Crippen molar-refractivity contribution in [1.82, 2.24) is 0 Å². The lowest BCUT2D eigenvalue weighted by Gasteiger charge is -2.28. The number of hydrogen-bond acceptors (Lipinski definition) is 4. The molecule has 0 radical (unpaired) electrons. The van der Waals surface area contributed by atoms with Crippen LogP contribution in [0.25, 0.3) is 22.3 Å². The van der Waals surface area contributed by atoms with Crippen LogP contribution in [0, 0.1) is 0 Å². The van der Waals surface area contributed by atoms with E-state index in [0.717, 1.165) is 37.6 Å². The lowest BCUT2D eigenvalue weighted by molar-refractivity contribution is 0.122. The van der Waals surface area contributed by atoms with Crippen molar-refractivity contribution < 1.29 is 9.15 Å². The van der Waals surface area contributed by atoms with Crippen LogP contribution in [0.15, 0.2) is 63.8 Å². The Hall–Kier alpha value is -2.59. The molecule has 4 heteroatoms. The summed E-state index contributed by atoms with van der Waals surface area (Å²) in [4.78, 5) is 14.6. The molecule has 1 aliphatic heterocycles. The molecular formula is C19H17NO3. The summed E-state index contributed by atoms with van der Waals surface area (Å²) in [6, 6.07) is 17.0. The minimum atomic E-state index is -0.0152. The van der Waals surface area contributed by atoms with Crippen molar-refractivity contribution in [3.05, 3.63) is 64.8 Å². The van der Waals surface area contributed by atoms with Gasteiger partial charge in [0.05, 0.1) is 18.6 Å². The van der Waals surface area contributed by atoms with Crippen molar-refractivity contribution in [3.8, 4) is 11.3 Å². The van der Waals surface area contributed by atoms with Crippen LogP contribution in [-0.4, -0.2) is 26.3 Å². The number of rotatable bonds is 2. The largest absolute Gasteiger partial charge is 0.456 e. The predicted octanol–water partition coefficient (Wildman–Crippen LogP) is 3.30. The maximum atomic E-state index is 12.4. The molecule has 0 saturated carbocycles. The number of benzene rings is 2. The zero-order valence-corrected chi connectivity index (χ0v) is 12.7. The summed E-state index contributed by atoms with van der Waals surface area (Å²) < 4.78 is 11.4. The highest BCUT2D eigenvalue weighted by molar-refractivity contribution is 5.82. The van der Waals surface area contributed by atoms with Crippen molar-refractivity contribution >= 4 is 16.7 Å². The van der Waals surface area contributed by atoms with Crippen LogP contribution < -0.4 is 10.3 Å². The van der Waals surface area contributed by atoms with Crippen LogP contribution in [0.5, 0.6) is 0 Å². The molecule has 116 valence electrons. The Kier molecular flexibility index (Phi) is 3.60. The number of fused-ring (bicyclic) bond motifs is 1. The van der Waals surface area contributed by atoms with E-state index >= 15 is 0 Å². The highest BCUT2D eigenvalue weighted by Gasteiger charge is 2.13. The first-order valence-electron chi connectivity index (χ1n) is 7.77. The van der Waals surface area contributed by atoms with Crippen LogP contribution in [0.1, 0.15) is 0 Å². The standard InChI is InChI=1S/C19H17NO3/c21-17-13-18(14-4-2-1-3-5-14)23-19-12-15(6-7-16(17)19)20-8-10-22-11-9-20/h1-7,12-13H,8-11H2. The van der Waals surface area contributed by atoms with E-state index in [2.05, 4.69) is 4.90 Å². The first-order chi connectivity index (χ1) is 11.3. The third-order valence-electron chi connectivity index (χ3n) is 4.15. The summed E-state index contributed by atoms with van der Waals surface area (Å²) in [5.41, 5.74) is 2.58. The number of anilines is 1. The molecule has 0 spiro atoms. The molecule has 0 amide bonds. The highest BCUT2D eigenvalue weighted by atomic mass is 16.5. The average Bonchev–Trinajstić information content (AvgIpc) is 2.63. The van der Waals surface area contributed by atoms with Gasteiger partial charge in [-0.3, -0.25) is 4.79 Å². The average molecular weight is 307 g/mol. The lowest BCUT2D eigenvalue weighted by Crippen LogP contribution is -2.36. The van der Waals surface area contributed by atoms with Gasteiger partial charge in [-0.15, -0.1) is 0 Å². The molecule has 0 atom stereocenters. The van der Waals surface area contributed by atoms with E-state index in [1.54, 1.807) is 6.07 Å². The van der Waals surface area contributed by atoms with E-state index in [9.17, 15) is 4.79 Å². The van der Waals surface area contributed by atoms with E-state index in [1.165, 1.54) is 0 Å². The van der Waals surface area contributed by atoms with Gasteiger partial charge in [-0.25, -0.2) is 0 Å². The van der Waals surface area contributed by atoms with Crippen molar-refractivity contribution in [2.75, 3.05) is 31.2 Å². The van der Waals surface area contributed by atoms with E-state index in [1.807, 2.05) is 48.5 Å². The molecule has 23 heavy (non-hydrogen) atoms. The fourth-order valence-electron chi connectivity index (χ4n) is 2.91. The van der Waals surface area contributed by atoms with Crippen molar-refractivity contribution in [1.29, 1.82) is 0 Å². The van der Waals surface area contributed by atoms with Crippen LogP contribution in [0.2, 0.25) is 0 Å². The van der Waals surface area contributed by atoms with Crippen LogP contribution >= 0.6 is 0 Å². The zero-order chi connectivity index (χ0) is 15.6. The van der Waals surface area contributed by atoms with Crippen LogP contribution in [-0.2, 0) is 4.74 Å². The van der Waals surface area contributed by atoms with Gasteiger partial charge in [0, 0.05) is 36.5 Å². The van der Waals surface area contributed by atoms with Crippen molar-refractivity contribution in [3.63, 3.8) is 0 Å². The van der Waals surface area contributed by atoms with Gasteiger partial charge in [-0.1, -0.05) is 30.3 Å². The van der Waals surface area contributed by atoms with Gasteiger partial charge >= 0.3 is 0 Å². The Morgan fingerprint density at radius 3 is 2.48 bits per heavy atom. The summed E-state index contributed by atoms with van der Waals surface area (Å²) >= 11 is 0. The van der Waals surface area contributed by atoms with Gasteiger partial charge in [-0.05, 0) is 12.1 Å². The molecular weight excluding hydrogens is 290 g/mol. The summed E-state index contributed by atoms with van der Waals surface area (Å²) in [6.07, 6.45) is 0. The monoisotopic (exact) mass is 307 g/mol. The zero-order valence-electron chi connectivity index (χ0n) is 12.7. The SMILES string of the molecule is O=c1cc(-c2ccccc2)oc2cc(N3CCOCC3)ccc12. The minimum Gasteiger partial charge on any atom is -0.456 e. The van der Waals surface area contributed by atoms with Gasteiger partial charge in [0.25, 0.3) is 0 Å². The number of ether oxygens (including phenoxy) is 1. The number of nitrogens with zero attached hydrogens (tertiary/aromatic N) is 1. The first kappa shape index (κ1) is 14.0. The normalized spacial score (nSPS) is 15.0. The van der Waals surface area contributed by atoms with Gasteiger partial charge < -0.3 is 14.1 Å².